The Hall–Kier alpha value is -0.273. The van der Waals surface area contributed by atoms with Gasteiger partial charge in [-0.2, -0.15) is 0 Å². The smallest absolute Gasteiger partial charge is 0.0583 e. The first-order valence-electron chi connectivity index (χ1n) is 5.95. The Balaban J connectivity index is 2.40. The number of alkyl halides is 1. The Morgan fingerprint density at radius 2 is 1.93 bits per heavy atom. The van der Waals surface area contributed by atoms with Crippen LogP contribution in [0.2, 0.25) is 0 Å². The van der Waals surface area contributed by atoms with Crippen LogP contribution in [-0.4, -0.2) is 10.2 Å². The molecule has 0 heterocycles. The van der Waals surface area contributed by atoms with Crippen molar-refractivity contribution in [2.75, 3.05) is 0 Å². The number of rotatable bonds is 6. The zero-order valence-corrected chi connectivity index (χ0v) is 12.6. The molecule has 0 saturated heterocycles. The van der Waals surface area contributed by atoms with Crippen LogP contribution in [0.4, 0.5) is 0 Å². The second-order valence-corrected chi connectivity index (χ2v) is 5.78. The quantitative estimate of drug-likeness (QED) is 0.408. The van der Waals surface area contributed by atoms with Crippen LogP contribution < -0.4 is 5.19 Å². The molecule has 2 heteroatoms. The monoisotopic (exact) mass is 240 g/mol. The van der Waals surface area contributed by atoms with Gasteiger partial charge in [0.05, 0.1) is 5.38 Å². The van der Waals surface area contributed by atoms with E-state index in [1.54, 1.807) is 0 Å². The van der Waals surface area contributed by atoms with Crippen LogP contribution in [0.3, 0.4) is 0 Å². The molecule has 84 valence electrons. The van der Waals surface area contributed by atoms with Crippen LogP contribution in [0.25, 0.3) is 0 Å². The summed E-state index contributed by atoms with van der Waals surface area (Å²) in [6, 6.07) is 8.58. The molecule has 0 saturated carbocycles. The van der Waals surface area contributed by atoms with Crippen molar-refractivity contribution in [3.63, 3.8) is 0 Å². The summed E-state index contributed by atoms with van der Waals surface area (Å²) in [7, 11) is 1.10. The number of hydrogen-bond donors (Lipinski definition) is 0. The zero-order valence-electron chi connectivity index (χ0n) is 9.80. The van der Waals surface area contributed by atoms with Gasteiger partial charge in [0.1, 0.15) is 0 Å². The molecule has 15 heavy (non-hydrogen) atoms. The first kappa shape index (κ1) is 12.8. The molecule has 0 radical (unpaired) electrons. The van der Waals surface area contributed by atoms with Gasteiger partial charge in [-0.3, -0.25) is 0 Å². The topological polar surface area (TPSA) is 0 Å². The van der Waals surface area contributed by atoms with E-state index in [1.807, 2.05) is 0 Å². The molecule has 1 unspecified atom stereocenters. The van der Waals surface area contributed by atoms with Gasteiger partial charge in [0, 0.05) is 10.2 Å². The molecule has 1 atom stereocenters. The second-order valence-electron chi connectivity index (χ2n) is 4.17. The fourth-order valence-electron chi connectivity index (χ4n) is 1.84. The van der Waals surface area contributed by atoms with E-state index in [-0.39, 0.29) is 5.38 Å². The third-order valence-electron chi connectivity index (χ3n) is 2.84. The molecule has 0 fully saturated rings. The second kappa shape index (κ2) is 7.08. The van der Waals surface area contributed by atoms with E-state index in [4.69, 9.17) is 11.6 Å². The number of benzene rings is 1. The van der Waals surface area contributed by atoms with Crippen LogP contribution in [0.1, 0.15) is 50.0 Å². The van der Waals surface area contributed by atoms with Gasteiger partial charge in [-0.15, -0.1) is 11.6 Å². The molecule has 0 N–H and O–H groups in total. The summed E-state index contributed by atoms with van der Waals surface area (Å²) in [5.41, 5.74) is 1.36. The lowest BCUT2D eigenvalue weighted by Crippen LogP contribution is -2.11. The van der Waals surface area contributed by atoms with E-state index >= 15 is 0 Å². The maximum absolute atomic E-state index is 6.41. The van der Waals surface area contributed by atoms with Crippen molar-refractivity contribution in [1.82, 2.24) is 0 Å². The van der Waals surface area contributed by atoms with Crippen LogP contribution in [0.15, 0.2) is 24.3 Å². The van der Waals surface area contributed by atoms with Gasteiger partial charge in [-0.05, 0) is 12.0 Å². The third kappa shape index (κ3) is 4.39. The summed E-state index contributed by atoms with van der Waals surface area (Å²) in [5.74, 6) is 0. The van der Waals surface area contributed by atoms with Crippen LogP contribution in [-0.2, 0) is 0 Å². The minimum absolute atomic E-state index is 0.232. The first-order chi connectivity index (χ1) is 7.25. The molecule has 0 amide bonds. The highest BCUT2D eigenvalue weighted by atomic mass is 35.5. The summed E-state index contributed by atoms with van der Waals surface area (Å²) in [6.45, 7) is 2.24. The molecule has 0 aliphatic rings. The summed E-state index contributed by atoms with van der Waals surface area (Å²) in [5, 5.41) is 1.68. The van der Waals surface area contributed by atoms with Gasteiger partial charge in [0.15, 0.2) is 0 Å². The molecule has 1 aromatic rings. The average molecular weight is 241 g/mol. The molecular formula is C13H21ClSi. The summed E-state index contributed by atoms with van der Waals surface area (Å²) in [6.07, 6.45) is 6.35. The van der Waals surface area contributed by atoms with Gasteiger partial charge in [-0.1, -0.05) is 62.1 Å². The van der Waals surface area contributed by atoms with Crippen molar-refractivity contribution in [2.45, 2.75) is 44.4 Å². The van der Waals surface area contributed by atoms with Crippen LogP contribution in [0.5, 0.6) is 0 Å². The fraction of sp³-hybridized carbons (Fsp3) is 0.538. The number of halogens is 1. The van der Waals surface area contributed by atoms with Crippen LogP contribution in [0, 0.1) is 0 Å². The molecule has 0 bridgehead atoms. The molecule has 1 rings (SSSR count). The van der Waals surface area contributed by atoms with E-state index in [2.05, 4.69) is 31.2 Å². The van der Waals surface area contributed by atoms with Crippen molar-refractivity contribution in [3.8, 4) is 0 Å². The number of hydrogen-bond acceptors (Lipinski definition) is 0. The Morgan fingerprint density at radius 1 is 1.20 bits per heavy atom. The van der Waals surface area contributed by atoms with Crippen molar-refractivity contribution >= 4 is 27.0 Å². The highest BCUT2D eigenvalue weighted by Gasteiger charge is 2.08. The van der Waals surface area contributed by atoms with Crippen molar-refractivity contribution < 1.29 is 0 Å². The fourth-order valence-corrected chi connectivity index (χ4v) is 3.13. The maximum atomic E-state index is 6.41. The third-order valence-corrected chi connectivity index (χ3v) is 4.20. The molecule has 1 aromatic carbocycles. The van der Waals surface area contributed by atoms with Gasteiger partial charge >= 0.3 is 0 Å². The lowest BCUT2D eigenvalue weighted by atomic mass is 10.1. The summed E-state index contributed by atoms with van der Waals surface area (Å²) >= 11 is 6.41. The lowest BCUT2D eigenvalue weighted by molar-refractivity contribution is 0.625. The average Bonchev–Trinajstić information content (AvgIpc) is 2.25. The van der Waals surface area contributed by atoms with Crippen molar-refractivity contribution in [1.29, 1.82) is 0 Å². The Kier molecular flexibility index (Phi) is 6.04. The molecule has 0 aliphatic heterocycles. The standard InChI is InChI=1S/C13H21ClSi/c1-2-3-4-5-9-12(14)11-8-6-7-10-13(11)15/h6-8,10,12H,2-5,9H2,1,15H3. The van der Waals surface area contributed by atoms with E-state index in [0.717, 1.165) is 16.7 Å². The van der Waals surface area contributed by atoms with Gasteiger partial charge < -0.3 is 0 Å². The predicted octanol–water partition coefficient (Wildman–Crippen LogP) is 2.93. The molecule has 0 aromatic heterocycles. The van der Waals surface area contributed by atoms with Gasteiger partial charge in [0.25, 0.3) is 0 Å². The van der Waals surface area contributed by atoms with E-state index in [0.29, 0.717) is 0 Å². The largest absolute Gasteiger partial charge is 0.118 e. The lowest BCUT2D eigenvalue weighted by Gasteiger charge is -2.12. The first-order valence-corrected chi connectivity index (χ1v) is 7.39. The predicted molar refractivity (Wildman–Crippen MR) is 73.4 cm³/mol. The summed E-state index contributed by atoms with van der Waals surface area (Å²) in [4.78, 5) is 0. The van der Waals surface area contributed by atoms with Gasteiger partial charge in [0.2, 0.25) is 0 Å². The van der Waals surface area contributed by atoms with Crippen molar-refractivity contribution in [3.05, 3.63) is 29.8 Å². The zero-order chi connectivity index (χ0) is 11.1. The highest BCUT2D eigenvalue weighted by Crippen LogP contribution is 2.24. The summed E-state index contributed by atoms with van der Waals surface area (Å²) < 4.78 is 0. The maximum Gasteiger partial charge on any atom is 0.0583 e. The highest BCUT2D eigenvalue weighted by molar-refractivity contribution is 6.34. The number of unbranched alkanes of at least 4 members (excludes halogenated alkanes) is 3. The molecule has 0 nitrogen and oxygen atoms in total. The van der Waals surface area contributed by atoms with E-state index in [1.165, 1.54) is 36.4 Å². The van der Waals surface area contributed by atoms with Crippen LogP contribution >= 0.6 is 11.6 Å². The molecule has 0 spiro atoms. The van der Waals surface area contributed by atoms with Crippen molar-refractivity contribution in [2.24, 2.45) is 0 Å². The Bertz CT molecular complexity index is 286. The molecule has 0 aliphatic carbocycles. The Labute approximate surface area is 101 Å². The van der Waals surface area contributed by atoms with E-state index < -0.39 is 0 Å². The minimum Gasteiger partial charge on any atom is -0.118 e. The minimum atomic E-state index is 0.232. The van der Waals surface area contributed by atoms with Gasteiger partial charge in [-0.25, -0.2) is 0 Å². The SMILES string of the molecule is CCCCCCC(Cl)c1ccccc1[SiH3]. The molecular weight excluding hydrogens is 220 g/mol. The van der Waals surface area contributed by atoms with E-state index in [9.17, 15) is 0 Å². The Morgan fingerprint density at radius 3 is 2.60 bits per heavy atom. The normalized spacial score (nSPS) is 12.9.